The number of carbonyl (C=O) groups is 2. The molecule has 15 heavy (non-hydrogen) atoms. The van der Waals surface area contributed by atoms with Crippen molar-refractivity contribution < 1.29 is 19.1 Å². The standard InChI is InChI=1S/C9H12N2O4/c1-9(14,6-3-2-4-15-6)5-11-8(13)7(10)12/h2-4,14H,5H2,1H3,(H2,10,12)(H,11,13). The smallest absolute Gasteiger partial charge is 0.309 e. The number of nitrogens with one attached hydrogen (secondary N) is 1. The van der Waals surface area contributed by atoms with Gasteiger partial charge in [-0.15, -0.1) is 0 Å². The largest absolute Gasteiger partial charge is 0.466 e. The maximum Gasteiger partial charge on any atom is 0.309 e. The van der Waals surface area contributed by atoms with Crippen molar-refractivity contribution in [3.63, 3.8) is 0 Å². The summed E-state index contributed by atoms with van der Waals surface area (Å²) < 4.78 is 4.97. The third kappa shape index (κ3) is 2.81. The van der Waals surface area contributed by atoms with E-state index in [0.29, 0.717) is 5.76 Å². The van der Waals surface area contributed by atoms with Gasteiger partial charge in [-0.25, -0.2) is 0 Å². The fraction of sp³-hybridized carbons (Fsp3) is 0.333. The van der Waals surface area contributed by atoms with E-state index in [1.54, 1.807) is 12.1 Å². The van der Waals surface area contributed by atoms with Gasteiger partial charge in [0, 0.05) is 0 Å². The first-order chi connectivity index (χ1) is 6.93. The van der Waals surface area contributed by atoms with Gasteiger partial charge in [-0.05, 0) is 19.1 Å². The van der Waals surface area contributed by atoms with E-state index in [1.165, 1.54) is 13.2 Å². The number of rotatable bonds is 3. The van der Waals surface area contributed by atoms with Crippen molar-refractivity contribution in [2.45, 2.75) is 12.5 Å². The summed E-state index contributed by atoms with van der Waals surface area (Å²) >= 11 is 0. The van der Waals surface area contributed by atoms with Crippen LogP contribution in [0.4, 0.5) is 0 Å². The Kier molecular flexibility index (Phi) is 3.11. The average Bonchev–Trinajstić information content (AvgIpc) is 2.67. The lowest BCUT2D eigenvalue weighted by molar-refractivity contribution is -0.138. The number of aliphatic hydroxyl groups is 1. The molecule has 1 unspecified atom stereocenters. The summed E-state index contributed by atoms with van der Waals surface area (Å²) in [5.41, 5.74) is 3.36. The first-order valence-electron chi connectivity index (χ1n) is 4.27. The third-order valence-corrected chi connectivity index (χ3v) is 1.87. The predicted octanol–water partition coefficient (Wildman–Crippen LogP) is -0.911. The van der Waals surface area contributed by atoms with Gasteiger partial charge in [-0.2, -0.15) is 0 Å². The number of furan rings is 1. The van der Waals surface area contributed by atoms with E-state index in [-0.39, 0.29) is 6.54 Å². The second kappa shape index (κ2) is 4.14. The van der Waals surface area contributed by atoms with Crippen LogP contribution in [0.2, 0.25) is 0 Å². The Morgan fingerprint density at radius 1 is 1.67 bits per heavy atom. The van der Waals surface area contributed by atoms with Gasteiger partial charge >= 0.3 is 11.8 Å². The van der Waals surface area contributed by atoms with Crippen LogP contribution in [-0.2, 0) is 15.2 Å². The maximum absolute atomic E-state index is 10.8. The summed E-state index contributed by atoms with van der Waals surface area (Å²) in [6, 6.07) is 3.18. The van der Waals surface area contributed by atoms with Crippen molar-refractivity contribution >= 4 is 11.8 Å². The zero-order chi connectivity index (χ0) is 11.5. The molecule has 0 aliphatic rings. The summed E-state index contributed by atoms with van der Waals surface area (Å²) in [7, 11) is 0. The van der Waals surface area contributed by atoms with Crippen LogP contribution in [0.5, 0.6) is 0 Å². The highest BCUT2D eigenvalue weighted by atomic mass is 16.4. The maximum atomic E-state index is 10.8. The molecular formula is C9H12N2O4. The van der Waals surface area contributed by atoms with Crippen LogP contribution in [0.1, 0.15) is 12.7 Å². The molecule has 0 saturated heterocycles. The molecule has 0 aliphatic carbocycles. The molecule has 0 saturated carbocycles. The molecule has 4 N–H and O–H groups in total. The number of hydrogen-bond acceptors (Lipinski definition) is 4. The van der Waals surface area contributed by atoms with Crippen LogP contribution in [-0.4, -0.2) is 23.5 Å². The number of carbonyl (C=O) groups excluding carboxylic acids is 2. The summed E-state index contributed by atoms with van der Waals surface area (Å²) in [5, 5.41) is 12.0. The van der Waals surface area contributed by atoms with Crippen LogP contribution in [0.15, 0.2) is 22.8 Å². The topological polar surface area (TPSA) is 106 Å². The first kappa shape index (κ1) is 11.3. The number of hydrogen-bond donors (Lipinski definition) is 3. The minimum absolute atomic E-state index is 0.151. The minimum Gasteiger partial charge on any atom is -0.466 e. The van der Waals surface area contributed by atoms with Crippen molar-refractivity contribution in [2.24, 2.45) is 5.73 Å². The molecule has 1 aromatic rings. The molecule has 82 valence electrons. The lowest BCUT2D eigenvalue weighted by Crippen LogP contribution is -2.43. The summed E-state index contributed by atoms with van der Waals surface area (Å²) in [4.78, 5) is 21.2. The molecule has 0 aliphatic heterocycles. The quantitative estimate of drug-likeness (QED) is 0.564. The second-order valence-electron chi connectivity index (χ2n) is 3.30. The van der Waals surface area contributed by atoms with E-state index >= 15 is 0 Å². The fourth-order valence-electron chi connectivity index (χ4n) is 1.01. The molecule has 0 aromatic carbocycles. The molecule has 0 bridgehead atoms. The lowest BCUT2D eigenvalue weighted by atomic mass is 10.0. The number of amides is 2. The van der Waals surface area contributed by atoms with Gasteiger partial charge in [-0.1, -0.05) is 0 Å². The van der Waals surface area contributed by atoms with Gasteiger partial charge in [0.15, 0.2) is 0 Å². The predicted molar refractivity (Wildman–Crippen MR) is 50.5 cm³/mol. The van der Waals surface area contributed by atoms with Gasteiger partial charge in [0.25, 0.3) is 0 Å². The molecular weight excluding hydrogens is 200 g/mol. The van der Waals surface area contributed by atoms with Crippen LogP contribution in [0.25, 0.3) is 0 Å². The van der Waals surface area contributed by atoms with Crippen LogP contribution in [0.3, 0.4) is 0 Å². The van der Waals surface area contributed by atoms with E-state index in [2.05, 4.69) is 5.32 Å². The van der Waals surface area contributed by atoms with Gasteiger partial charge in [-0.3, -0.25) is 9.59 Å². The molecule has 1 aromatic heterocycles. The Hall–Kier alpha value is -1.82. The number of primary amides is 1. The highest BCUT2D eigenvalue weighted by molar-refractivity contribution is 6.34. The van der Waals surface area contributed by atoms with Crippen LogP contribution >= 0.6 is 0 Å². The molecule has 1 heterocycles. The number of nitrogens with two attached hydrogens (primary N) is 1. The molecule has 2 amide bonds. The molecule has 0 radical (unpaired) electrons. The van der Waals surface area contributed by atoms with Crippen molar-refractivity contribution in [3.8, 4) is 0 Å². The fourth-order valence-corrected chi connectivity index (χ4v) is 1.01. The average molecular weight is 212 g/mol. The second-order valence-corrected chi connectivity index (χ2v) is 3.30. The molecule has 1 rings (SSSR count). The monoisotopic (exact) mass is 212 g/mol. The van der Waals surface area contributed by atoms with Crippen LogP contribution < -0.4 is 11.1 Å². The van der Waals surface area contributed by atoms with Gasteiger partial charge in [0.2, 0.25) is 0 Å². The molecule has 0 fully saturated rings. The van der Waals surface area contributed by atoms with Gasteiger partial charge in [0.1, 0.15) is 11.4 Å². The Bertz CT molecular complexity index is 356. The normalized spacial score (nSPS) is 14.3. The lowest BCUT2D eigenvalue weighted by Gasteiger charge is -2.20. The van der Waals surface area contributed by atoms with Gasteiger partial charge < -0.3 is 20.6 Å². The highest BCUT2D eigenvalue weighted by Gasteiger charge is 2.27. The molecule has 6 nitrogen and oxygen atoms in total. The Morgan fingerprint density at radius 3 is 2.80 bits per heavy atom. The molecule has 0 spiro atoms. The summed E-state index contributed by atoms with van der Waals surface area (Å²) in [6.45, 7) is 1.30. The van der Waals surface area contributed by atoms with Crippen molar-refractivity contribution in [1.82, 2.24) is 5.32 Å². The van der Waals surface area contributed by atoms with Crippen LogP contribution in [0, 0.1) is 0 Å². The highest BCUT2D eigenvalue weighted by Crippen LogP contribution is 2.19. The minimum atomic E-state index is -1.37. The molecule has 1 atom stereocenters. The van der Waals surface area contributed by atoms with E-state index in [9.17, 15) is 14.7 Å². The van der Waals surface area contributed by atoms with E-state index in [0.717, 1.165) is 0 Å². The summed E-state index contributed by atoms with van der Waals surface area (Å²) in [5.74, 6) is -1.74. The summed E-state index contributed by atoms with van der Waals surface area (Å²) in [6.07, 6.45) is 1.40. The molecule has 6 heteroatoms. The third-order valence-electron chi connectivity index (χ3n) is 1.87. The zero-order valence-electron chi connectivity index (χ0n) is 8.19. The Balaban J connectivity index is 2.58. The van der Waals surface area contributed by atoms with Gasteiger partial charge in [0.05, 0.1) is 12.8 Å². The van der Waals surface area contributed by atoms with E-state index in [4.69, 9.17) is 10.2 Å². The van der Waals surface area contributed by atoms with Crippen molar-refractivity contribution in [2.75, 3.05) is 6.54 Å². The Morgan fingerprint density at radius 2 is 2.33 bits per heavy atom. The first-order valence-corrected chi connectivity index (χ1v) is 4.27. The Labute approximate surface area is 86.1 Å². The van der Waals surface area contributed by atoms with E-state index < -0.39 is 17.4 Å². The van der Waals surface area contributed by atoms with Crippen molar-refractivity contribution in [1.29, 1.82) is 0 Å². The SMILES string of the molecule is CC(O)(CNC(=O)C(N)=O)c1ccco1. The van der Waals surface area contributed by atoms with E-state index in [1.807, 2.05) is 0 Å². The zero-order valence-corrected chi connectivity index (χ0v) is 8.19. The van der Waals surface area contributed by atoms with Crippen molar-refractivity contribution in [3.05, 3.63) is 24.2 Å².